The molecule has 2 atom stereocenters. The molecular formula is C16H23N3O4. The number of nitrogens with one attached hydrogen (secondary N) is 1. The second-order valence-corrected chi connectivity index (χ2v) is 6.85. The van der Waals surface area contributed by atoms with E-state index in [2.05, 4.69) is 10.1 Å². The first-order valence-electron chi connectivity index (χ1n) is 8.49. The lowest BCUT2D eigenvalue weighted by atomic mass is 10.0. The second kappa shape index (κ2) is 6.13. The van der Waals surface area contributed by atoms with Crippen molar-refractivity contribution in [2.24, 2.45) is 5.92 Å². The Kier molecular flexibility index (Phi) is 3.98. The number of hydrogen-bond donors (Lipinski definition) is 1. The Labute approximate surface area is 134 Å². The summed E-state index contributed by atoms with van der Waals surface area (Å²) in [4.78, 5) is 27.9. The van der Waals surface area contributed by atoms with E-state index in [1.807, 2.05) is 4.90 Å². The van der Waals surface area contributed by atoms with Gasteiger partial charge in [-0.3, -0.25) is 14.5 Å². The Hall–Kier alpha value is -1.60. The van der Waals surface area contributed by atoms with Crippen molar-refractivity contribution in [2.75, 3.05) is 32.8 Å². The van der Waals surface area contributed by atoms with Crippen molar-refractivity contribution in [3.63, 3.8) is 0 Å². The van der Waals surface area contributed by atoms with Crippen LogP contribution in [0.15, 0.2) is 15.4 Å². The largest absolute Gasteiger partial charge is 0.384 e. The third kappa shape index (κ3) is 3.21. The molecule has 7 nitrogen and oxygen atoms in total. The molecule has 1 aromatic heterocycles. The van der Waals surface area contributed by atoms with Gasteiger partial charge in [0.25, 0.3) is 5.56 Å². The van der Waals surface area contributed by atoms with Crippen molar-refractivity contribution in [3.05, 3.63) is 22.2 Å². The van der Waals surface area contributed by atoms with E-state index in [1.54, 1.807) is 0 Å². The van der Waals surface area contributed by atoms with Gasteiger partial charge in [0.05, 0.1) is 19.3 Å². The Morgan fingerprint density at radius 2 is 2.17 bits per heavy atom. The summed E-state index contributed by atoms with van der Waals surface area (Å²) in [5, 5.41) is 2.25. The molecule has 3 fully saturated rings. The molecular weight excluding hydrogens is 298 g/mol. The van der Waals surface area contributed by atoms with Crippen molar-refractivity contribution < 1.29 is 14.1 Å². The van der Waals surface area contributed by atoms with Gasteiger partial charge < -0.3 is 14.2 Å². The second-order valence-electron chi connectivity index (χ2n) is 6.85. The number of hydrogen-bond acceptors (Lipinski definition) is 5. The zero-order valence-corrected chi connectivity index (χ0v) is 13.2. The molecule has 3 aliphatic rings. The Balaban J connectivity index is 1.32. The zero-order valence-electron chi connectivity index (χ0n) is 13.2. The van der Waals surface area contributed by atoms with E-state index in [0.717, 1.165) is 38.8 Å². The van der Waals surface area contributed by atoms with Crippen LogP contribution in [0.5, 0.6) is 0 Å². The molecule has 1 aromatic rings. The first-order valence-corrected chi connectivity index (χ1v) is 8.49. The van der Waals surface area contributed by atoms with E-state index in [9.17, 15) is 9.59 Å². The molecule has 23 heavy (non-hydrogen) atoms. The van der Waals surface area contributed by atoms with Crippen LogP contribution in [0.25, 0.3) is 0 Å². The van der Waals surface area contributed by atoms with Crippen molar-refractivity contribution in [1.29, 1.82) is 0 Å². The fourth-order valence-electron chi connectivity index (χ4n) is 3.82. The monoisotopic (exact) mass is 321 g/mol. The molecule has 4 rings (SSSR count). The standard InChI is InChI=1S/C16H23N3O4/c20-15-7-13(23-17-15)3-4-16(21)18-5-6-19-12(8-18)9-22-10-14(19)11-1-2-11/h7,11-12,14H,1-6,8-10H2,(H,17,20)/t12-,14-/m1/s1. The average Bonchev–Trinajstić information content (AvgIpc) is 3.33. The molecule has 0 unspecified atom stereocenters. The first kappa shape index (κ1) is 15.0. The molecule has 126 valence electrons. The third-order valence-corrected chi connectivity index (χ3v) is 5.23. The summed E-state index contributed by atoms with van der Waals surface area (Å²) in [6.45, 7) is 4.05. The number of carbonyl (C=O) groups excluding carboxylic acids is 1. The van der Waals surface area contributed by atoms with E-state index in [4.69, 9.17) is 9.26 Å². The van der Waals surface area contributed by atoms with Crippen LogP contribution in [0.2, 0.25) is 0 Å². The van der Waals surface area contributed by atoms with E-state index in [-0.39, 0.29) is 11.5 Å². The number of aryl methyl sites for hydroxylation is 1. The van der Waals surface area contributed by atoms with Gasteiger partial charge in [0.2, 0.25) is 5.91 Å². The quantitative estimate of drug-likeness (QED) is 0.858. The first-order chi connectivity index (χ1) is 11.2. The summed E-state index contributed by atoms with van der Waals surface area (Å²) in [5.74, 6) is 1.47. The van der Waals surface area contributed by atoms with Crippen LogP contribution < -0.4 is 5.56 Å². The summed E-state index contributed by atoms with van der Waals surface area (Å²) in [6.07, 6.45) is 3.48. The molecule has 0 spiro atoms. The molecule has 1 saturated carbocycles. The third-order valence-electron chi connectivity index (χ3n) is 5.23. The molecule has 2 saturated heterocycles. The van der Waals surface area contributed by atoms with Crippen LogP contribution in [0, 0.1) is 5.92 Å². The maximum absolute atomic E-state index is 12.4. The lowest BCUT2D eigenvalue weighted by molar-refractivity contribution is -0.140. The summed E-state index contributed by atoms with van der Waals surface area (Å²) in [7, 11) is 0. The van der Waals surface area contributed by atoms with Crippen LogP contribution in [0.1, 0.15) is 25.0 Å². The van der Waals surface area contributed by atoms with Crippen molar-refractivity contribution in [1.82, 2.24) is 15.0 Å². The van der Waals surface area contributed by atoms with Gasteiger partial charge >= 0.3 is 0 Å². The minimum Gasteiger partial charge on any atom is -0.384 e. The van der Waals surface area contributed by atoms with Crippen LogP contribution in [-0.2, 0) is 16.0 Å². The van der Waals surface area contributed by atoms with Crippen molar-refractivity contribution >= 4 is 5.91 Å². The zero-order chi connectivity index (χ0) is 15.8. The van der Waals surface area contributed by atoms with E-state index < -0.39 is 0 Å². The molecule has 7 heteroatoms. The number of H-pyrrole nitrogens is 1. The molecule has 0 aromatic carbocycles. The van der Waals surface area contributed by atoms with Gasteiger partial charge in [-0.15, -0.1) is 0 Å². The topological polar surface area (TPSA) is 78.8 Å². The highest BCUT2D eigenvalue weighted by Gasteiger charge is 2.43. The Morgan fingerprint density at radius 3 is 2.91 bits per heavy atom. The SMILES string of the molecule is O=C(CCc1cc(=O)[nH]o1)N1CCN2[C@@H](COC[C@@H]2C2CC2)C1. The molecule has 1 aliphatic carbocycles. The van der Waals surface area contributed by atoms with Crippen LogP contribution in [-0.4, -0.2) is 65.8 Å². The van der Waals surface area contributed by atoms with Gasteiger partial charge in [0.15, 0.2) is 0 Å². The smallest absolute Gasteiger partial charge is 0.280 e. The predicted octanol–water partition coefficient (Wildman–Crippen LogP) is 0.222. The minimum absolute atomic E-state index is 0.127. The molecule has 2 aliphatic heterocycles. The van der Waals surface area contributed by atoms with Crippen LogP contribution in [0.3, 0.4) is 0 Å². The molecule has 1 N–H and O–H groups in total. The van der Waals surface area contributed by atoms with Gasteiger partial charge in [-0.1, -0.05) is 0 Å². The number of nitrogens with zero attached hydrogens (tertiary/aromatic N) is 2. The summed E-state index contributed by atoms with van der Waals surface area (Å²) in [6, 6.07) is 2.29. The highest BCUT2D eigenvalue weighted by atomic mass is 16.5. The molecule has 0 bridgehead atoms. The predicted molar refractivity (Wildman–Crippen MR) is 82.1 cm³/mol. The summed E-state index contributed by atoms with van der Waals surface area (Å²) in [5.41, 5.74) is -0.258. The number of morpholine rings is 1. The fourth-order valence-corrected chi connectivity index (χ4v) is 3.82. The lowest BCUT2D eigenvalue weighted by Crippen LogP contribution is -2.63. The number of aromatic amines is 1. The summed E-state index contributed by atoms with van der Waals surface area (Å²) >= 11 is 0. The molecule has 3 heterocycles. The fraction of sp³-hybridized carbons (Fsp3) is 0.750. The van der Waals surface area contributed by atoms with Gasteiger partial charge in [0.1, 0.15) is 5.76 Å². The highest BCUT2D eigenvalue weighted by molar-refractivity contribution is 5.76. The molecule has 1 amide bonds. The minimum atomic E-state index is -0.258. The van der Waals surface area contributed by atoms with Crippen molar-refractivity contribution in [2.45, 2.75) is 37.8 Å². The Bertz CT molecular complexity index is 621. The normalized spacial score (nSPS) is 28.6. The van der Waals surface area contributed by atoms with Gasteiger partial charge in [-0.2, -0.15) is 5.16 Å². The number of carbonyl (C=O) groups is 1. The number of rotatable bonds is 4. The van der Waals surface area contributed by atoms with Crippen molar-refractivity contribution in [3.8, 4) is 0 Å². The maximum atomic E-state index is 12.4. The van der Waals surface area contributed by atoms with Gasteiger partial charge in [0, 0.05) is 44.6 Å². The number of amides is 1. The molecule has 0 radical (unpaired) electrons. The highest BCUT2D eigenvalue weighted by Crippen LogP contribution is 2.38. The number of piperazine rings is 1. The van der Waals surface area contributed by atoms with E-state index >= 15 is 0 Å². The van der Waals surface area contributed by atoms with E-state index in [0.29, 0.717) is 30.7 Å². The van der Waals surface area contributed by atoms with Crippen LogP contribution >= 0.6 is 0 Å². The van der Waals surface area contributed by atoms with Gasteiger partial charge in [-0.05, 0) is 18.8 Å². The average molecular weight is 321 g/mol. The summed E-state index contributed by atoms with van der Waals surface area (Å²) < 4.78 is 10.8. The number of fused-ring (bicyclic) bond motifs is 1. The van der Waals surface area contributed by atoms with Crippen LogP contribution in [0.4, 0.5) is 0 Å². The van der Waals surface area contributed by atoms with Gasteiger partial charge in [-0.25, -0.2) is 0 Å². The number of ether oxygens (including phenoxy) is 1. The number of aromatic nitrogens is 1. The lowest BCUT2D eigenvalue weighted by Gasteiger charge is -2.48. The van der Waals surface area contributed by atoms with E-state index in [1.165, 1.54) is 18.9 Å². The Morgan fingerprint density at radius 1 is 1.30 bits per heavy atom. The maximum Gasteiger partial charge on any atom is 0.280 e.